The van der Waals surface area contributed by atoms with E-state index in [9.17, 15) is 4.79 Å². The Hall–Kier alpha value is -2.24. The zero-order valence-electron chi connectivity index (χ0n) is 14.9. The van der Waals surface area contributed by atoms with E-state index in [0.717, 1.165) is 28.0 Å². The molecule has 0 spiro atoms. The number of hydrogen-bond acceptors (Lipinski definition) is 4. The van der Waals surface area contributed by atoms with Gasteiger partial charge in [0, 0.05) is 34.7 Å². The van der Waals surface area contributed by atoms with E-state index in [4.69, 9.17) is 9.15 Å². The largest absolute Gasteiger partial charge is 0.450 e. The first-order valence-corrected chi connectivity index (χ1v) is 9.64. The molecule has 26 heavy (non-hydrogen) atoms. The second-order valence-electron chi connectivity index (χ2n) is 6.48. The zero-order chi connectivity index (χ0) is 18.1. The van der Waals surface area contributed by atoms with Gasteiger partial charge in [-0.25, -0.2) is 0 Å². The Morgan fingerprint density at radius 1 is 1.23 bits per heavy atom. The van der Waals surface area contributed by atoms with Crippen molar-refractivity contribution in [2.24, 2.45) is 0 Å². The fourth-order valence-corrected chi connectivity index (χ4v) is 4.49. The van der Waals surface area contributed by atoms with Gasteiger partial charge in [-0.1, -0.05) is 37.3 Å². The molecule has 3 aromatic rings. The normalized spacial score (nSPS) is 17.2. The fraction of sp³-hybridized carbons (Fsp3) is 0.286. The van der Waals surface area contributed by atoms with Gasteiger partial charge < -0.3 is 14.1 Å². The first-order valence-electron chi connectivity index (χ1n) is 8.76. The summed E-state index contributed by atoms with van der Waals surface area (Å²) in [6.45, 7) is 3.22. The van der Waals surface area contributed by atoms with E-state index in [1.807, 2.05) is 59.1 Å². The Kier molecular flexibility index (Phi) is 4.74. The lowest BCUT2D eigenvalue weighted by atomic mass is 10.1. The highest BCUT2D eigenvalue weighted by atomic mass is 32.2. The number of fused-ring (bicyclic) bond motifs is 2. The van der Waals surface area contributed by atoms with Crippen molar-refractivity contribution in [3.05, 3.63) is 59.9 Å². The molecule has 5 heteroatoms. The lowest BCUT2D eigenvalue weighted by molar-refractivity contribution is 0.0955. The number of nitrogens with zero attached hydrogens (tertiary/aromatic N) is 1. The smallest absolute Gasteiger partial charge is 0.294 e. The van der Waals surface area contributed by atoms with E-state index >= 15 is 0 Å². The Labute approximate surface area is 157 Å². The molecule has 1 atom stereocenters. The number of amides is 1. The Morgan fingerprint density at radius 3 is 2.85 bits per heavy atom. The summed E-state index contributed by atoms with van der Waals surface area (Å²) in [6.07, 6.45) is 0.935. The maximum atomic E-state index is 13.5. The molecule has 0 bridgehead atoms. The third kappa shape index (κ3) is 3.02. The van der Waals surface area contributed by atoms with Crippen LogP contribution in [0, 0.1) is 0 Å². The topological polar surface area (TPSA) is 42.7 Å². The van der Waals surface area contributed by atoms with Gasteiger partial charge in [0.2, 0.25) is 0 Å². The summed E-state index contributed by atoms with van der Waals surface area (Å²) in [7, 11) is 1.63. The van der Waals surface area contributed by atoms with E-state index in [2.05, 4.69) is 13.0 Å². The standard InChI is InChI=1S/C21H21NO3S/c1-14-11-12-22(17-8-4-6-10-19(17)26-14)21(23)20-16(13-24-2)15-7-3-5-9-18(15)25-20/h3-10,14H,11-13H2,1-2H3/t14-/m1/s1. The van der Waals surface area contributed by atoms with Crippen molar-refractivity contribution in [3.63, 3.8) is 0 Å². The molecule has 1 aliphatic heterocycles. The molecule has 0 unspecified atom stereocenters. The number of para-hydroxylation sites is 2. The minimum absolute atomic E-state index is 0.101. The van der Waals surface area contributed by atoms with Gasteiger partial charge in [-0.3, -0.25) is 4.79 Å². The van der Waals surface area contributed by atoms with Crippen molar-refractivity contribution in [1.29, 1.82) is 0 Å². The molecule has 0 fully saturated rings. The number of benzene rings is 2. The first kappa shape index (κ1) is 17.2. The lowest BCUT2D eigenvalue weighted by Crippen LogP contribution is -2.32. The van der Waals surface area contributed by atoms with Crippen LogP contribution in [-0.4, -0.2) is 24.8 Å². The van der Waals surface area contributed by atoms with E-state index in [-0.39, 0.29) is 5.91 Å². The fourth-order valence-electron chi connectivity index (χ4n) is 3.38. The molecule has 1 amide bonds. The Morgan fingerprint density at radius 2 is 2.00 bits per heavy atom. The van der Waals surface area contributed by atoms with Crippen LogP contribution < -0.4 is 4.90 Å². The first-order chi connectivity index (χ1) is 12.7. The van der Waals surface area contributed by atoms with E-state index in [1.165, 1.54) is 0 Å². The maximum Gasteiger partial charge on any atom is 0.294 e. The van der Waals surface area contributed by atoms with Gasteiger partial charge in [-0.15, -0.1) is 11.8 Å². The van der Waals surface area contributed by atoms with Crippen LogP contribution in [0.3, 0.4) is 0 Å². The van der Waals surface area contributed by atoms with Crippen molar-refractivity contribution in [3.8, 4) is 0 Å². The minimum atomic E-state index is -0.101. The van der Waals surface area contributed by atoms with Crippen molar-refractivity contribution >= 4 is 34.3 Å². The quantitative estimate of drug-likeness (QED) is 0.645. The molecule has 0 saturated heterocycles. The van der Waals surface area contributed by atoms with Gasteiger partial charge in [0.1, 0.15) is 5.58 Å². The lowest BCUT2D eigenvalue weighted by Gasteiger charge is -2.22. The zero-order valence-corrected chi connectivity index (χ0v) is 15.7. The summed E-state index contributed by atoms with van der Waals surface area (Å²) in [4.78, 5) is 16.4. The van der Waals surface area contributed by atoms with Gasteiger partial charge >= 0.3 is 0 Å². The molecular formula is C21H21NO3S. The van der Waals surface area contributed by atoms with Crippen LogP contribution in [0.2, 0.25) is 0 Å². The minimum Gasteiger partial charge on any atom is -0.450 e. The molecule has 2 heterocycles. The van der Waals surface area contributed by atoms with Gasteiger partial charge in [0.15, 0.2) is 5.76 Å². The molecule has 0 N–H and O–H groups in total. The van der Waals surface area contributed by atoms with Crippen LogP contribution in [0.1, 0.15) is 29.5 Å². The van der Waals surface area contributed by atoms with Crippen LogP contribution >= 0.6 is 11.8 Å². The Bertz CT molecular complexity index is 949. The summed E-state index contributed by atoms with van der Waals surface area (Å²) in [5, 5.41) is 1.40. The van der Waals surface area contributed by atoms with E-state index in [0.29, 0.717) is 29.7 Å². The number of carbonyl (C=O) groups is 1. The monoisotopic (exact) mass is 367 g/mol. The second kappa shape index (κ2) is 7.17. The third-order valence-electron chi connectivity index (χ3n) is 4.67. The molecule has 1 aromatic heterocycles. The molecule has 4 nitrogen and oxygen atoms in total. The highest BCUT2D eigenvalue weighted by molar-refractivity contribution is 8.00. The third-order valence-corrected chi connectivity index (χ3v) is 5.91. The van der Waals surface area contributed by atoms with Crippen LogP contribution in [-0.2, 0) is 11.3 Å². The van der Waals surface area contributed by atoms with Crippen LogP contribution in [0.4, 0.5) is 5.69 Å². The molecule has 0 radical (unpaired) electrons. The molecule has 4 rings (SSSR count). The van der Waals surface area contributed by atoms with Crippen molar-refractivity contribution in [2.75, 3.05) is 18.6 Å². The van der Waals surface area contributed by atoms with Gasteiger partial charge in [-0.05, 0) is 24.6 Å². The number of methoxy groups -OCH3 is 1. The maximum absolute atomic E-state index is 13.5. The predicted octanol–water partition coefficient (Wildman–Crippen LogP) is 5.11. The molecule has 0 aliphatic carbocycles. The average Bonchev–Trinajstić information content (AvgIpc) is 2.92. The van der Waals surface area contributed by atoms with Gasteiger partial charge in [0.25, 0.3) is 5.91 Å². The Balaban J connectivity index is 1.81. The number of carbonyl (C=O) groups excluding carboxylic acids is 1. The number of thioether (sulfide) groups is 1. The number of rotatable bonds is 3. The summed E-state index contributed by atoms with van der Waals surface area (Å²) in [6, 6.07) is 15.8. The number of ether oxygens (including phenoxy) is 1. The molecule has 2 aromatic carbocycles. The number of hydrogen-bond donors (Lipinski definition) is 0. The molecule has 1 aliphatic rings. The summed E-state index contributed by atoms with van der Waals surface area (Å²) >= 11 is 1.82. The summed E-state index contributed by atoms with van der Waals surface area (Å²) in [5.41, 5.74) is 2.49. The molecular weight excluding hydrogens is 346 g/mol. The highest BCUT2D eigenvalue weighted by Crippen LogP contribution is 2.38. The van der Waals surface area contributed by atoms with Crippen LogP contribution in [0.5, 0.6) is 0 Å². The van der Waals surface area contributed by atoms with Crippen LogP contribution in [0.15, 0.2) is 57.8 Å². The number of anilines is 1. The van der Waals surface area contributed by atoms with Crippen molar-refractivity contribution < 1.29 is 13.9 Å². The second-order valence-corrected chi connectivity index (χ2v) is 7.96. The predicted molar refractivity (Wildman–Crippen MR) is 105 cm³/mol. The number of furan rings is 1. The SMILES string of the molecule is COCc1c(C(=O)N2CC[C@@H](C)Sc3ccccc32)oc2ccccc12. The highest BCUT2D eigenvalue weighted by Gasteiger charge is 2.29. The van der Waals surface area contributed by atoms with Crippen molar-refractivity contribution in [2.45, 2.75) is 30.1 Å². The van der Waals surface area contributed by atoms with Crippen molar-refractivity contribution in [1.82, 2.24) is 0 Å². The molecule has 134 valence electrons. The summed E-state index contributed by atoms with van der Waals surface area (Å²) < 4.78 is 11.3. The molecule has 0 saturated carbocycles. The van der Waals surface area contributed by atoms with Crippen LogP contribution in [0.25, 0.3) is 11.0 Å². The van der Waals surface area contributed by atoms with Gasteiger partial charge in [0.05, 0.1) is 12.3 Å². The van der Waals surface area contributed by atoms with E-state index < -0.39 is 0 Å². The van der Waals surface area contributed by atoms with Gasteiger partial charge in [-0.2, -0.15) is 0 Å². The summed E-state index contributed by atoms with van der Waals surface area (Å²) in [5.74, 6) is 0.276. The van der Waals surface area contributed by atoms with E-state index in [1.54, 1.807) is 7.11 Å². The average molecular weight is 367 g/mol.